The molecule has 0 spiro atoms. The molecule has 0 aliphatic rings. The van der Waals surface area contributed by atoms with E-state index < -0.39 is 11.7 Å². The van der Waals surface area contributed by atoms with Crippen LogP contribution < -0.4 is 4.90 Å². The molecule has 0 bridgehead atoms. The Labute approximate surface area is 292 Å². The second-order valence-electron chi connectivity index (χ2n) is 12.3. The highest BCUT2D eigenvalue weighted by Gasteiger charge is 2.30. The van der Waals surface area contributed by atoms with Crippen molar-refractivity contribution in [3.05, 3.63) is 137 Å². The maximum Gasteiger partial charge on any atom is 0.416 e. The first-order valence-corrected chi connectivity index (χ1v) is 17.0. The number of ketones is 1. The van der Waals surface area contributed by atoms with Crippen molar-refractivity contribution < 1.29 is 27.2 Å². The Morgan fingerprint density at radius 3 is 1.98 bits per heavy atom. The quantitative estimate of drug-likeness (QED) is 0.0820. The third kappa shape index (κ3) is 10.4. The summed E-state index contributed by atoms with van der Waals surface area (Å²) in [5.41, 5.74) is 3.73. The summed E-state index contributed by atoms with van der Waals surface area (Å²) in [5.74, 6) is -0.623. The van der Waals surface area contributed by atoms with Gasteiger partial charge >= 0.3 is 6.18 Å². The van der Waals surface area contributed by atoms with Gasteiger partial charge in [0, 0.05) is 24.4 Å². The summed E-state index contributed by atoms with van der Waals surface area (Å²) in [5, 5.41) is 0. The van der Waals surface area contributed by atoms with Crippen LogP contribution in [0.25, 0.3) is 11.1 Å². The average molecular weight is 688 g/mol. The number of alkyl halides is 3. The molecule has 0 atom stereocenters. The zero-order chi connectivity index (χ0) is 36.3. The lowest BCUT2D eigenvalue weighted by Crippen LogP contribution is -2.41. The molecule has 0 unspecified atom stereocenters. The van der Waals surface area contributed by atoms with E-state index in [1.807, 2.05) is 30.3 Å². The average Bonchev–Trinajstić information content (AvgIpc) is 3.11. The SMILES string of the molecule is C=C(CCc1ccccc1F)N(CC(=O)N(CCCN(CC)CC)Cc1ccc(-c2ccc(C(F)(F)F)cc2)cc1)c1ccccc1C(C)=O. The lowest BCUT2D eigenvalue weighted by molar-refractivity contribution is -0.137. The Kier molecular flexibility index (Phi) is 13.5. The van der Waals surface area contributed by atoms with Gasteiger partial charge in [-0.15, -0.1) is 0 Å². The molecule has 9 heteroatoms. The van der Waals surface area contributed by atoms with E-state index in [0.29, 0.717) is 54.0 Å². The second-order valence-corrected chi connectivity index (χ2v) is 12.3. The molecule has 4 aromatic carbocycles. The number of carbonyl (C=O) groups excluding carboxylic acids is 2. The monoisotopic (exact) mass is 687 g/mol. The molecule has 0 radical (unpaired) electrons. The molecule has 0 saturated heterocycles. The van der Waals surface area contributed by atoms with E-state index in [4.69, 9.17) is 0 Å². The van der Waals surface area contributed by atoms with Gasteiger partial charge in [0.25, 0.3) is 0 Å². The van der Waals surface area contributed by atoms with E-state index in [9.17, 15) is 27.2 Å². The number of Topliss-reactive ketones (excluding diaryl/α,β-unsaturated/α-hetero) is 1. The van der Waals surface area contributed by atoms with Crippen LogP contribution in [0.4, 0.5) is 23.2 Å². The fourth-order valence-electron chi connectivity index (χ4n) is 5.92. The van der Waals surface area contributed by atoms with Crippen LogP contribution in [0.15, 0.2) is 109 Å². The van der Waals surface area contributed by atoms with Gasteiger partial charge in [0.2, 0.25) is 5.91 Å². The zero-order valence-electron chi connectivity index (χ0n) is 29.0. The van der Waals surface area contributed by atoms with E-state index >= 15 is 0 Å². The molecule has 264 valence electrons. The highest BCUT2D eigenvalue weighted by atomic mass is 19.4. The van der Waals surface area contributed by atoms with Gasteiger partial charge in [0.15, 0.2) is 5.78 Å². The van der Waals surface area contributed by atoms with Crippen LogP contribution >= 0.6 is 0 Å². The molecule has 0 saturated carbocycles. The van der Waals surface area contributed by atoms with Gasteiger partial charge in [-0.25, -0.2) is 4.39 Å². The Bertz CT molecular complexity index is 1730. The molecule has 5 nitrogen and oxygen atoms in total. The Balaban J connectivity index is 1.59. The lowest BCUT2D eigenvalue weighted by atomic mass is 10.0. The first-order valence-electron chi connectivity index (χ1n) is 17.0. The van der Waals surface area contributed by atoms with Gasteiger partial charge in [-0.05, 0) is 98.4 Å². The first kappa shape index (κ1) is 38.0. The van der Waals surface area contributed by atoms with Crippen LogP contribution in [0, 0.1) is 5.82 Å². The molecular formula is C41H45F4N3O2. The van der Waals surface area contributed by atoms with Gasteiger partial charge in [-0.3, -0.25) is 9.59 Å². The lowest BCUT2D eigenvalue weighted by Gasteiger charge is -2.32. The summed E-state index contributed by atoms with van der Waals surface area (Å²) in [6.07, 6.45) is -2.92. The van der Waals surface area contributed by atoms with Crippen molar-refractivity contribution in [2.75, 3.05) is 37.6 Å². The zero-order valence-corrected chi connectivity index (χ0v) is 29.0. The number of para-hydroxylation sites is 1. The minimum Gasteiger partial charge on any atom is -0.337 e. The van der Waals surface area contributed by atoms with E-state index in [2.05, 4.69) is 25.3 Å². The van der Waals surface area contributed by atoms with Crippen LogP contribution in [0.3, 0.4) is 0 Å². The van der Waals surface area contributed by atoms with Gasteiger partial charge in [0.1, 0.15) is 12.4 Å². The maximum atomic E-state index is 14.5. The van der Waals surface area contributed by atoms with Gasteiger partial charge < -0.3 is 14.7 Å². The highest BCUT2D eigenvalue weighted by molar-refractivity contribution is 6.00. The number of nitrogens with zero attached hydrogens (tertiary/aromatic N) is 3. The van der Waals surface area contributed by atoms with Crippen LogP contribution in [-0.4, -0.2) is 54.2 Å². The third-order valence-corrected chi connectivity index (χ3v) is 8.91. The van der Waals surface area contributed by atoms with Crippen LogP contribution in [0.2, 0.25) is 0 Å². The summed E-state index contributed by atoms with van der Waals surface area (Å²) < 4.78 is 53.7. The van der Waals surface area contributed by atoms with E-state index in [1.165, 1.54) is 25.1 Å². The van der Waals surface area contributed by atoms with E-state index in [-0.39, 0.29) is 24.1 Å². The first-order chi connectivity index (χ1) is 23.9. The van der Waals surface area contributed by atoms with Crippen molar-refractivity contribution in [2.45, 2.75) is 52.8 Å². The standard InChI is InChI=1S/C41H45F4N3O2/c1-5-46(6-2)26-11-27-47(28-32-17-20-33(21-18-32)34-22-24-36(25-23-34)41(43,44)45)40(50)29-48(39-15-10-8-13-37(39)31(4)49)30(3)16-19-35-12-7-9-14-38(35)42/h7-10,12-15,17-18,20-25H,3,5-6,11,16,19,26-29H2,1-2,4H3. The molecule has 1 amide bonds. The minimum atomic E-state index is -4.40. The number of aryl methyl sites for hydroxylation is 1. The predicted octanol–water partition coefficient (Wildman–Crippen LogP) is 9.43. The number of hydrogen-bond acceptors (Lipinski definition) is 4. The van der Waals surface area contributed by atoms with Crippen LogP contribution in [-0.2, 0) is 23.9 Å². The highest BCUT2D eigenvalue weighted by Crippen LogP contribution is 2.31. The van der Waals surface area contributed by atoms with Gasteiger partial charge in [-0.1, -0.05) is 87.2 Å². The normalized spacial score (nSPS) is 11.4. The van der Waals surface area contributed by atoms with Gasteiger partial charge in [0.05, 0.1) is 11.3 Å². The summed E-state index contributed by atoms with van der Waals surface area (Å²) in [6, 6.07) is 26.1. The summed E-state index contributed by atoms with van der Waals surface area (Å²) in [7, 11) is 0. The van der Waals surface area contributed by atoms with Crippen molar-refractivity contribution in [1.82, 2.24) is 9.80 Å². The number of allylic oxidation sites excluding steroid dienone is 1. The molecule has 0 N–H and O–H groups in total. The van der Waals surface area contributed by atoms with Crippen LogP contribution in [0.5, 0.6) is 0 Å². The molecule has 50 heavy (non-hydrogen) atoms. The number of anilines is 1. The second kappa shape index (κ2) is 17.8. The number of carbonyl (C=O) groups is 2. The Hall–Kier alpha value is -4.76. The molecule has 0 aromatic heterocycles. The summed E-state index contributed by atoms with van der Waals surface area (Å²) in [4.78, 5) is 32.8. The van der Waals surface area contributed by atoms with Gasteiger partial charge in [-0.2, -0.15) is 13.2 Å². The van der Waals surface area contributed by atoms with Crippen molar-refractivity contribution in [3.63, 3.8) is 0 Å². The third-order valence-electron chi connectivity index (χ3n) is 8.91. The minimum absolute atomic E-state index is 0.0741. The summed E-state index contributed by atoms with van der Waals surface area (Å²) in [6.45, 7) is 13.3. The number of amides is 1. The molecular weight excluding hydrogens is 642 g/mol. The molecule has 0 heterocycles. The number of halogens is 4. The van der Waals surface area contributed by atoms with Crippen molar-refractivity contribution >= 4 is 17.4 Å². The fourth-order valence-corrected chi connectivity index (χ4v) is 5.92. The number of rotatable bonds is 17. The molecule has 4 aromatic rings. The van der Waals surface area contributed by atoms with E-state index in [1.54, 1.807) is 46.2 Å². The Morgan fingerprint density at radius 2 is 1.38 bits per heavy atom. The fraction of sp³-hybridized carbons (Fsp3) is 0.317. The number of hydrogen-bond donors (Lipinski definition) is 0. The van der Waals surface area contributed by atoms with Crippen molar-refractivity contribution in [1.29, 1.82) is 0 Å². The van der Waals surface area contributed by atoms with E-state index in [0.717, 1.165) is 49.3 Å². The largest absolute Gasteiger partial charge is 0.416 e. The molecule has 0 aliphatic heterocycles. The summed E-state index contributed by atoms with van der Waals surface area (Å²) >= 11 is 0. The molecule has 0 aliphatic carbocycles. The Morgan fingerprint density at radius 1 is 0.780 bits per heavy atom. The van der Waals surface area contributed by atoms with Crippen molar-refractivity contribution in [2.24, 2.45) is 0 Å². The predicted molar refractivity (Wildman–Crippen MR) is 192 cm³/mol. The molecule has 4 rings (SSSR count). The van der Waals surface area contributed by atoms with Crippen molar-refractivity contribution in [3.8, 4) is 11.1 Å². The molecule has 0 fully saturated rings. The van der Waals surface area contributed by atoms with Crippen LogP contribution in [0.1, 0.15) is 60.7 Å². The maximum absolute atomic E-state index is 14.5. The smallest absolute Gasteiger partial charge is 0.337 e. The topological polar surface area (TPSA) is 43.9 Å². The number of benzene rings is 4.